The van der Waals surface area contributed by atoms with E-state index in [0.29, 0.717) is 6.61 Å². The number of carbonyl (C=O) groups excluding carboxylic acids is 1. The molecule has 104 valence electrons. The molecule has 0 amide bonds. The van der Waals surface area contributed by atoms with E-state index in [1.54, 1.807) is 0 Å². The lowest BCUT2D eigenvalue weighted by molar-refractivity contribution is -0.149. The van der Waals surface area contributed by atoms with Crippen molar-refractivity contribution in [2.45, 2.75) is 38.7 Å². The first-order valence-electron chi connectivity index (χ1n) is 6.88. The molecule has 1 aliphatic rings. The van der Waals surface area contributed by atoms with Gasteiger partial charge in [0, 0.05) is 5.69 Å². The first-order valence-corrected chi connectivity index (χ1v) is 6.88. The first kappa shape index (κ1) is 13.7. The van der Waals surface area contributed by atoms with Crippen LogP contribution in [0.2, 0.25) is 0 Å². The van der Waals surface area contributed by atoms with Crippen LogP contribution >= 0.6 is 0 Å². The quantitative estimate of drug-likeness (QED) is 0.670. The number of anilines is 1. The zero-order valence-corrected chi connectivity index (χ0v) is 11.3. The summed E-state index contributed by atoms with van der Waals surface area (Å²) < 4.78 is 10.9. The molecule has 2 rings (SSSR count). The second-order valence-corrected chi connectivity index (χ2v) is 4.91. The molecule has 0 aliphatic heterocycles. The number of ether oxygens (including phenoxy) is 2. The molecule has 0 heterocycles. The van der Waals surface area contributed by atoms with Crippen LogP contribution in [0.5, 0.6) is 5.75 Å². The molecule has 1 aromatic rings. The molecule has 0 bridgehead atoms. The van der Waals surface area contributed by atoms with Crippen LogP contribution < -0.4 is 10.5 Å². The average Bonchev–Trinajstić information content (AvgIpc) is 2.42. The molecule has 1 fully saturated rings. The molecular formula is C15H21NO3. The number of benzene rings is 1. The first-order chi connectivity index (χ1) is 9.19. The molecule has 4 nitrogen and oxygen atoms in total. The SMILES string of the molecule is CCOC(=O)[C@H]1CC[C@@H](Oc2ccc(N)cc2)CC1. The summed E-state index contributed by atoms with van der Waals surface area (Å²) in [6.45, 7) is 2.30. The fourth-order valence-corrected chi connectivity index (χ4v) is 2.42. The average molecular weight is 263 g/mol. The van der Waals surface area contributed by atoms with Gasteiger partial charge in [-0.15, -0.1) is 0 Å². The smallest absolute Gasteiger partial charge is 0.308 e. The van der Waals surface area contributed by atoms with Gasteiger partial charge in [-0.3, -0.25) is 4.79 Å². The number of hydrogen-bond donors (Lipinski definition) is 1. The van der Waals surface area contributed by atoms with Crippen LogP contribution in [0.15, 0.2) is 24.3 Å². The maximum atomic E-state index is 11.6. The molecule has 1 saturated carbocycles. The number of carbonyl (C=O) groups is 1. The van der Waals surface area contributed by atoms with Crippen molar-refractivity contribution < 1.29 is 14.3 Å². The van der Waals surface area contributed by atoms with Gasteiger partial charge in [-0.25, -0.2) is 0 Å². The zero-order chi connectivity index (χ0) is 13.7. The third-order valence-corrected chi connectivity index (χ3v) is 3.48. The summed E-state index contributed by atoms with van der Waals surface area (Å²) in [7, 11) is 0. The van der Waals surface area contributed by atoms with Crippen LogP contribution in [0.1, 0.15) is 32.6 Å². The van der Waals surface area contributed by atoms with Gasteiger partial charge in [0.25, 0.3) is 0 Å². The van der Waals surface area contributed by atoms with E-state index in [-0.39, 0.29) is 18.0 Å². The predicted molar refractivity (Wildman–Crippen MR) is 73.9 cm³/mol. The second kappa shape index (κ2) is 6.45. The lowest BCUT2D eigenvalue weighted by Crippen LogP contribution is -2.29. The maximum absolute atomic E-state index is 11.6. The summed E-state index contributed by atoms with van der Waals surface area (Å²) in [4.78, 5) is 11.6. The molecule has 0 aromatic heterocycles. The van der Waals surface area contributed by atoms with Gasteiger partial charge in [-0.2, -0.15) is 0 Å². The fourth-order valence-electron chi connectivity index (χ4n) is 2.42. The predicted octanol–water partition coefficient (Wildman–Crippen LogP) is 2.77. The third-order valence-electron chi connectivity index (χ3n) is 3.48. The van der Waals surface area contributed by atoms with E-state index >= 15 is 0 Å². The van der Waals surface area contributed by atoms with Crippen LogP contribution in [-0.4, -0.2) is 18.7 Å². The Balaban J connectivity index is 1.80. The highest BCUT2D eigenvalue weighted by Crippen LogP contribution is 2.28. The highest BCUT2D eigenvalue weighted by atomic mass is 16.5. The van der Waals surface area contributed by atoms with Crippen molar-refractivity contribution in [1.29, 1.82) is 0 Å². The van der Waals surface area contributed by atoms with Crippen LogP contribution in [-0.2, 0) is 9.53 Å². The molecule has 1 aromatic carbocycles. The summed E-state index contributed by atoms with van der Waals surface area (Å²) in [5, 5.41) is 0. The summed E-state index contributed by atoms with van der Waals surface area (Å²) in [6.07, 6.45) is 3.67. The van der Waals surface area contributed by atoms with Crippen molar-refractivity contribution in [3.63, 3.8) is 0 Å². The lowest BCUT2D eigenvalue weighted by atomic mass is 9.87. The zero-order valence-electron chi connectivity index (χ0n) is 11.3. The van der Waals surface area contributed by atoms with E-state index in [1.165, 1.54) is 0 Å². The summed E-state index contributed by atoms with van der Waals surface area (Å²) in [6, 6.07) is 7.43. The van der Waals surface area contributed by atoms with E-state index in [1.807, 2.05) is 31.2 Å². The topological polar surface area (TPSA) is 61.5 Å². The van der Waals surface area contributed by atoms with Gasteiger partial charge in [0.05, 0.1) is 18.6 Å². The van der Waals surface area contributed by atoms with Crippen LogP contribution in [0.3, 0.4) is 0 Å². The molecule has 19 heavy (non-hydrogen) atoms. The van der Waals surface area contributed by atoms with Gasteiger partial charge < -0.3 is 15.2 Å². The molecule has 0 radical (unpaired) electrons. The van der Waals surface area contributed by atoms with Crippen LogP contribution in [0.25, 0.3) is 0 Å². The van der Waals surface area contributed by atoms with Crippen molar-refractivity contribution >= 4 is 11.7 Å². The highest BCUT2D eigenvalue weighted by Gasteiger charge is 2.28. The Labute approximate surface area is 113 Å². The van der Waals surface area contributed by atoms with Crippen molar-refractivity contribution in [1.82, 2.24) is 0 Å². The van der Waals surface area contributed by atoms with E-state index in [0.717, 1.165) is 37.1 Å². The van der Waals surface area contributed by atoms with Crippen LogP contribution in [0.4, 0.5) is 5.69 Å². The van der Waals surface area contributed by atoms with E-state index in [4.69, 9.17) is 15.2 Å². The Bertz CT molecular complexity index is 408. The van der Waals surface area contributed by atoms with Crippen molar-refractivity contribution in [3.05, 3.63) is 24.3 Å². The summed E-state index contributed by atoms with van der Waals surface area (Å²) in [5.74, 6) is 0.827. The molecule has 4 heteroatoms. The highest BCUT2D eigenvalue weighted by molar-refractivity contribution is 5.72. The molecule has 0 saturated heterocycles. The minimum atomic E-state index is -0.0616. The number of nitrogen functional groups attached to an aromatic ring is 1. The number of nitrogens with two attached hydrogens (primary N) is 1. The molecule has 2 N–H and O–H groups in total. The Morgan fingerprint density at radius 2 is 1.84 bits per heavy atom. The Morgan fingerprint density at radius 3 is 2.42 bits per heavy atom. The standard InChI is InChI=1S/C15H21NO3/c1-2-18-15(17)11-3-7-13(8-4-11)19-14-9-5-12(16)6-10-14/h5-6,9-11,13H,2-4,7-8,16H2,1H3/t11-,13+. The third kappa shape index (κ3) is 3.88. The minimum Gasteiger partial charge on any atom is -0.490 e. The Morgan fingerprint density at radius 1 is 1.21 bits per heavy atom. The normalized spacial score (nSPS) is 22.8. The molecule has 1 aliphatic carbocycles. The fraction of sp³-hybridized carbons (Fsp3) is 0.533. The van der Waals surface area contributed by atoms with Gasteiger partial charge in [-0.1, -0.05) is 0 Å². The van der Waals surface area contributed by atoms with Crippen molar-refractivity contribution in [3.8, 4) is 5.75 Å². The Kier molecular flexibility index (Phi) is 4.66. The van der Waals surface area contributed by atoms with Crippen LogP contribution in [0, 0.1) is 5.92 Å². The largest absolute Gasteiger partial charge is 0.490 e. The maximum Gasteiger partial charge on any atom is 0.308 e. The monoisotopic (exact) mass is 263 g/mol. The van der Waals surface area contributed by atoms with E-state index in [9.17, 15) is 4.79 Å². The lowest BCUT2D eigenvalue weighted by Gasteiger charge is -2.27. The van der Waals surface area contributed by atoms with Gasteiger partial charge in [0.15, 0.2) is 0 Å². The number of hydrogen-bond acceptors (Lipinski definition) is 4. The molecule has 0 spiro atoms. The Hall–Kier alpha value is -1.71. The van der Waals surface area contributed by atoms with Gasteiger partial charge in [-0.05, 0) is 56.9 Å². The van der Waals surface area contributed by atoms with Crippen molar-refractivity contribution in [2.24, 2.45) is 5.92 Å². The molecular weight excluding hydrogens is 242 g/mol. The number of rotatable bonds is 4. The van der Waals surface area contributed by atoms with E-state index in [2.05, 4.69) is 0 Å². The van der Waals surface area contributed by atoms with Crippen molar-refractivity contribution in [2.75, 3.05) is 12.3 Å². The van der Waals surface area contributed by atoms with E-state index < -0.39 is 0 Å². The minimum absolute atomic E-state index is 0.0474. The molecule has 0 unspecified atom stereocenters. The number of esters is 1. The summed E-state index contributed by atoms with van der Waals surface area (Å²) >= 11 is 0. The second-order valence-electron chi connectivity index (χ2n) is 4.91. The van der Waals surface area contributed by atoms with Gasteiger partial charge in [0.2, 0.25) is 0 Å². The van der Waals surface area contributed by atoms with Gasteiger partial charge in [0.1, 0.15) is 5.75 Å². The summed E-state index contributed by atoms with van der Waals surface area (Å²) in [5.41, 5.74) is 6.37. The van der Waals surface area contributed by atoms with Gasteiger partial charge >= 0.3 is 5.97 Å². The molecule has 0 atom stereocenters.